The van der Waals surface area contributed by atoms with E-state index >= 15 is 0 Å². The number of fused-ring (bicyclic) bond motifs is 1. The number of benzene rings is 2. The molecule has 190 valence electrons. The summed E-state index contributed by atoms with van der Waals surface area (Å²) >= 11 is 0. The standard InChI is InChI=1S/C27H34O8/c1-15(2)11-23(28)34-27-24-18(25(35-27)16-7-9-19(29-3)21(12-16)31-5)14-33-26(24)17-8-10-20(30-4)22(13-17)32-6/h7-10,12-13,15,18,24-27H,11,14H2,1-6H3/t18-,24-,25+,26-,27+/m0/s1. The van der Waals surface area contributed by atoms with Gasteiger partial charge in [0.25, 0.3) is 0 Å². The molecule has 2 saturated heterocycles. The molecular weight excluding hydrogens is 452 g/mol. The molecule has 0 aromatic heterocycles. The SMILES string of the molecule is COc1ccc([C@H]2O[C@@H](OC(=O)CC(C)C)[C@H]3[C@@H]2CO[C@H]3c2ccc(OC)c(OC)c2)cc1OC. The van der Waals surface area contributed by atoms with Gasteiger partial charge >= 0.3 is 5.97 Å². The second-order valence-electron chi connectivity index (χ2n) is 9.24. The Bertz CT molecular complexity index is 982. The van der Waals surface area contributed by atoms with Gasteiger partial charge in [0, 0.05) is 12.3 Å². The first-order valence-corrected chi connectivity index (χ1v) is 11.8. The van der Waals surface area contributed by atoms with Gasteiger partial charge in [-0.05, 0) is 41.3 Å². The number of hydrogen-bond donors (Lipinski definition) is 0. The lowest BCUT2D eigenvalue weighted by atomic mass is 9.84. The summed E-state index contributed by atoms with van der Waals surface area (Å²) in [6.45, 7) is 4.43. The van der Waals surface area contributed by atoms with Crippen LogP contribution in [0.25, 0.3) is 0 Å². The fourth-order valence-corrected chi connectivity index (χ4v) is 4.95. The smallest absolute Gasteiger partial charge is 0.308 e. The van der Waals surface area contributed by atoms with Crippen LogP contribution in [0, 0.1) is 17.8 Å². The van der Waals surface area contributed by atoms with Gasteiger partial charge in [-0.3, -0.25) is 4.79 Å². The Hall–Kier alpha value is -2.97. The number of hydrogen-bond acceptors (Lipinski definition) is 8. The normalized spacial score (nSPS) is 25.3. The van der Waals surface area contributed by atoms with Gasteiger partial charge in [0.2, 0.25) is 6.29 Å². The topological polar surface area (TPSA) is 81.7 Å². The third-order valence-electron chi connectivity index (χ3n) is 6.59. The van der Waals surface area contributed by atoms with Gasteiger partial charge in [-0.25, -0.2) is 0 Å². The zero-order valence-corrected chi connectivity index (χ0v) is 21.1. The van der Waals surface area contributed by atoms with Gasteiger partial charge in [-0.2, -0.15) is 0 Å². The number of ether oxygens (including phenoxy) is 7. The average Bonchev–Trinajstić information content (AvgIpc) is 3.44. The van der Waals surface area contributed by atoms with E-state index < -0.39 is 6.29 Å². The molecule has 8 heteroatoms. The highest BCUT2D eigenvalue weighted by Crippen LogP contribution is 2.54. The van der Waals surface area contributed by atoms with E-state index in [1.165, 1.54) is 0 Å². The Balaban J connectivity index is 1.67. The maximum atomic E-state index is 12.6. The van der Waals surface area contributed by atoms with Crippen LogP contribution in [0.4, 0.5) is 0 Å². The zero-order valence-electron chi connectivity index (χ0n) is 21.1. The molecule has 2 fully saturated rings. The Morgan fingerprint density at radius 1 is 0.857 bits per heavy atom. The summed E-state index contributed by atoms with van der Waals surface area (Å²) in [5, 5.41) is 0. The molecular formula is C27H34O8. The molecule has 2 aliphatic rings. The predicted octanol–water partition coefficient (Wildman–Crippen LogP) is 4.71. The molecule has 35 heavy (non-hydrogen) atoms. The lowest BCUT2D eigenvalue weighted by molar-refractivity contribution is -0.189. The first-order chi connectivity index (χ1) is 16.9. The maximum absolute atomic E-state index is 12.6. The van der Waals surface area contributed by atoms with Gasteiger partial charge in [0.15, 0.2) is 23.0 Å². The van der Waals surface area contributed by atoms with Gasteiger partial charge in [-0.1, -0.05) is 26.0 Å². The van der Waals surface area contributed by atoms with Crippen LogP contribution in [0.5, 0.6) is 23.0 Å². The predicted molar refractivity (Wildman–Crippen MR) is 128 cm³/mol. The fourth-order valence-electron chi connectivity index (χ4n) is 4.95. The molecule has 0 radical (unpaired) electrons. The van der Waals surface area contributed by atoms with Crippen LogP contribution in [0.2, 0.25) is 0 Å². The van der Waals surface area contributed by atoms with E-state index in [0.29, 0.717) is 36.0 Å². The third kappa shape index (κ3) is 5.04. The summed E-state index contributed by atoms with van der Waals surface area (Å²) in [5.74, 6) is 2.18. The van der Waals surface area contributed by atoms with Crippen molar-refractivity contribution in [2.45, 2.75) is 38.8 Å². The number of rotatable bonds is 9. The van der Waals surface area contributed by atoms with E-state index in [2.05, 4.69) is 0 Å². The monoisotopic (exact) mass is 486 g/mol. The largest absolute Gasteiger partial charge is 0.493 e. The summed E-state index contributed by atoms with van der Waals surface area (Å²) in [5.41, 5.74) is 1.83. The van der Waals surface area contributed by atoms with Crippen LogP contribution in [-0.2, 0) is 19.0 Å². The van der Waals surface area contributed by atoms with Crippen molar-refractivity contribution in [1.29, 1.82) is 0 Å². The highest BCUT2D eigenvalue weighted by molar-refractivity contribution is 5.69. The molecule has 0 amide bonds. The van der Waals surface area contributed by atoms with Gasteiger partial charge in [-0.15, -0.1) is 0 Å². The van der Waals surface area contributed by atoms with Gasteiger partial charge < -0.3 is 33.2 Å². The molecule has 0 spiro atoms. The first-order valence-electron chi connectivity index (χ1n) is 11.8. The quantitative estimate of drug-likeness (QED) is 0.472. The Labute approximate surface area is 206 Å². The summed E-state index contributed by atoms with van der Waals surface area (Å²) in [7, 11) is 6.40. The van der Waals surface area contributed by atoms with Crippen molar-refractivity contribution in [2.75, 3.05) is 35.0 Å². The van der Waals surface area contributed by atoms with Gasteiger partial charge in [0.05, 0.1) is 53.2 Å². The molecule has 4 rings (SSSR count). The number of methoxy groups -OCH3 is 4. The molecule has 2 aromatic rings. The molecule has 8 nitrogen and oxygen atoms in total. The van der Waals surface area contributed by atoms with Crippen LogP contribution in [0.3, 0.4) is 0 Å². The average molecular weight is 487 g/mol. The van der Waals surface area contributed by atoms with Crippen molar-refractivity contribution >= 4 is 5.97 Å². The van der Waals surface area contributed by atoms with Crippen molar-refractivity contribution in [3.63, 3.8) is 0 Å². The van der Waals surface area contributed by atoms with Crippen molar-refractivity contribution in [1.82, 2.24) is 0 Å². The van der Waals surface area contributed by atoms with Crippen molar-refractivity contribution < 1.29 is 38.0 Å². The summed E-state index contributed by atoms with van der Waals surface area (Å²) in [6, 6.07) is 11.4. The van der Waals surface area contributed by atoms with Crippen LogP contribution in [-0.4, -0.2) is 47.3 Å². The van der Waals surface area contributed by atoms with E-state index in [0.717, 1.165) is 11.1 Å². The minimum absolute atomic E-state index is 0.0250. The highest BCUT2D eigenvalue weighted by atomic mass is 16.7. The molecule has 2 heterocycles. The molecule has 5 atom stereocenters. The molecule has 2 aliphatic heterocycles. The second kappa shape index (κ2) is 10.7. The molecule has 0 aliphatic carbocycles. The van der Waals surface area contributed by atoms with E-state index in [4.69, 9.17) is 33.2 Å². The zero-order chi connectivity index (χ0) is 25.1. The molecule has 2 aromatic carbocycles. The Kier molecular flexibility index (Phi) is 7.72. The summed E-state index contributed by atoms with van der Waals surface area (Å²) in [4.78, 5) is 12.6. The van der Waals surface area contributed by atoms with E-state index in [-0.39, 0.29) is 35.9 Å². The van der Waals surface area contributed by atoms with Crippen LogP contribution in [0.15, 0.2) is 36.4 Å². The minimum atomic E-state index is -0.745. The van der Waals surface area contributed by atoms with Crippen molar-refractivity contribution in [3.8, 4) is 23.0 Å². The third-order valence-corrected chi connectivity index (χ3v) is 6.59. The summed E-state index contributed by atoms with van der Waals surface area (Å²) < 4.78 is 40.4. The number of esters is 1. The van der Waals surface area contributed by atoms with Crippen LogP contribution < -0.4 is 18.9 Å². The molecule has 0 saturated carbocycles. The molecule has 0 bridgehead atoms. The van der Waals surface area contributed by atoms with Gasteiger partial charge in [0.1, 0.15) is 0 Å². The summed E-state index contributed by atoms with van der Waals surface area (Å²) in [6.07, 6.45) is -1.09. The van der Waals surface area contributed by atoms with E-state index in [1.54, 1.807) is 28.4 Å². The maximum Gasteiger partial charge on any atom is 0.308 e. The number of carbonyl (C=O) groups is 1. The second-order valence-corrected chi connectivity index (χ2v) is 9.24. The van der Waals surface area contributed by atoms with E-state index in [9.17, 15) is 4.79 Å². The fraction of sp³-hybridized carbons (Fsp3) is 0.519. The van der Waals surface area contributed by atoms with Crippen molar-refractivity contribution in [3.05, 3.63) is 47.5 Å². The van der Waals surface area contributed by atoms with Crippen molar-refractivity contribution in [2.24, 2.45) is 17.8 Å². The Morgan fingerprint density at radius 3 is 1.91 bits per heavy atom. The lowest BCUT2D eigenvalue weighted by Crippen LogP contribution is -2.28. The lowest BCUT2D eigenvalue weighted by Gasteiger charge is -2.24. The number of carbonyl (C=O) groups excluding carboxylic acids is 1. The molecule has 0 unspecified atom stereocenters. The molecule has 0 N–H and O–H groups in total. The van der Waals surface area contributed by atoms with E-state index in [1.807, 2.05) is 50.2 Å². The van der Waals surface area contributed by atoms with Crippen LogP contribution >= 0.6 is 0 Å². The minimum Gasteiger partial charge on any atom is -0.493 e. The van der Waals surface area contributed by atoms with Crippen LogP contribution in [0.1, 0.15) is 43.6 Å². The first kappa shape index (κ1) is 25.1. The Morgan fingerprint density at radius 2 is 1.40 bits per heavy atom. The highest BCUT2D eigenvalue weighted by Gasteiger charge is 2.55.